The number of benzene rings is 2. The highest BCUT2D eigenvalue weighted by molar-refractivity contribution is 8.02. The van der Waals surface area contributed by atoms with Gasteiger partial charge in [0.1, 0.15) is 5.75 Å². The number of rotatable bonds is 8. The Hall–Kier alpha value is -2.52. The summed E-state index contributed by atoms with van der Waals surface area (Å²) < 4.78 is 34.2. The zero-order valence-electron chi connectivity index (χ0n) is 17.4. The van der Waals surface area contributed by atoms with Crippen LogP contribution < -0.4 is 10.1 Å². The molecule has 31 heavy (non-hydrogen) atoms. The minimum Gasteiger partial charge on any atom is -0.494 e. The maximum absolute atomic E-state index is 12.7. The van der Waals surface area contributed by atoms with E-state index < -0.39 is 27.8 Å². The molecule has 1 aliphatic rings. The number of carbonyl (C=O) groups is 2. The Bertz CT molecular complexity index is 1040. The number of nitrogens with one attached hydrogen (secondary N) is 1. The molecule has 2 aromatic rings. The van der Waals surface area contributed by atoms with Crippen LogP contribution in [0.25, 0.3) is 0 Å². The van der Waals surface area contributed by atoms with E-state index >= 15 is 0 Å². The van der Waals surface area contributed by atoms with Crippen LogP contribution >= 0.6 is 11.8 Å². The largest absolute Gasteiger partial charge is 0.494 e. The number of esters is 1. The Morgan fingerprint density at radius 1 is 1.16 bits per heavy atom. The average molecular weight is 464 g/mol. The van der Waals surface area contributed by atoms with E-state index in [0.717, 1.165) is 0 Å². The molecule has 1 N–H and O–H groups in total. The quantitative estimate of drug-likeness (QED) is 0.598. The molecule has 0 saturated carbocycles. The summed E-state index contributed by atoms with van der Waals surface area (Å²) in [7, 11) is -3.01. The second kappa shape index (κ2) is 10.2. The molecule has 0 bridgehead atoms. The highest BCUT2D eigenvalue weighted by Gasteiger charge is 2.30. The fourth-order valence-corrected chi connectivity index (χ4v) is 6.71. The Morgan fingerprint density at radius 3 is 2.52 bits per heavy atom. The summed E-state index contributed by atoms with van der Waals surface area (Å²) in [6.07, 6.45) is -0.457. The van der Waals surface area contributed by atoms with E-state index in [4.69, 9.17) is 9.47 Å². The van der Waals surface area contributed by atoms with Gasteiger partial charge in [0.25, 0.3) is 5.91 Å². The van der Waals surface area contributed by atoms with Crippen LogP contribution in [0.3, 0.4) is 0 Å². The molecule has 0 unspecified atom stereocenters. The fraction of sp³-hybridized carbons (Fsp3) is 0.364. The monoisotopic (exact) mass is 463 g/mol. The molecule has 1 amide bonds. The summed E-state index contributed by atoms with van der Waals surface area (Å²) in [5.74, 6) is -0.117. The van der Waals surface area contributed by atoms with Crippen LogP contribution in [0, 0.1) is 0 Å². The molecular weight excluding hydrogens is 438 g/mol. The third kappa shape index (κ3) is 6.48. The van der Waals surface area contributed by atoms with E-state index in [1.807, 2.05) is 6.92 Å². The van der Waals surface area contributed by atoms with Crippen molar-refractivity contribution in [1.29, 1.82) is 0 Å². The van der Waals surface area contributed by atoms with Gasteiger partial charge in [-0.2, -0.15) is 0 Å². The van der Waals surface area contributed by atoms with Crippen LogP contribution in [0.15, 0.2) is 53.4 Å². The Labute approximate surface area is 186 Å². The van der Waals surface area contributed by atoms with Gasteiger partial charge in [0, 0.05) is 15.8 Å². The molecule has 2 atom stereocenters. The molecule has 0 radical (unpaired) electrons. The second-order valence-electron chi connectivity index (χ2n) is 7.13. The van der Waals surface area contributed by atoms with Gasteiger partial charge in [-0.1, -0.05) is 12.1 Å². The standard InChI is InChI=1S/C22H25NO6S2/c1-3-28-17-10-8-16(9-11-17)23-21(24)15(2)29-22(25)19-6-4-5-7-20(19)30-18-12-13-31(26,27)14-18/h4-11,15,18H,3,12-14H2,1-2H3,(H,23,24)/t15-,18+/m0/s1. The summed E-state index contributed by atoms with van der Waals surface area (Å²) in [4.78, 5) is 25.8. The first kappa shape index (κ1) is 23.1. The van der Waals surface area contributed by atoms with Gasteiger partial charge in [-0.15, -0.1) is 11.8 Å². The number of sulfone groups is 1. The lowest BCUT2D eigenvalue weighted by molar-refractivity contribution is -0.123. The van der Waals surface area contributed by atoms with Gasteiger partial charge >= 0.3 is 5.97 Å². The topological polar surface area (TPSA) is 98.8 Å². The predicted octanol–water partition coefficient (Wildman–Crippen LogP) is 3.55. The van der Waals surface area contributed by atoms with Crippen LogP contribution in [-0.2, 0) is 19.4 Å². The number of amides is 1. The van der Waals surface area contributed by atoms with Crippen molar-refractivity contribution < 1.29 is 27.5 Å². The predicted molar refractivity (Wildman–Crippen MR) is 120 cm³/mol. The van der Waals surface area contributed by atoms with Crippen molar-refractivity contribution in [3.63, 3.8) is 0 Å². The zero-order chi connectivity index (χ0) is 22.4. The van der Waals surface area contributed by atoms with Gasteiger partial charge < -0.3 is 14.8 Å². The second-order valence-corrected chi connectivity index (χ2v) is 10.7. The van der Waals surface area contributed by atoms with E-state index in [1.165, 1.54) is 18.7 Å². The molecule has 7 nitrogen and oxygen atoms in total. The molecule has 0 aromatic heterocycles. The van der Waals surface area contributed by atoms with Crippen molar-refractivity contribution >= 4 is 39.2 Å². The van der Waals surface area contributed by atoms with Crippen LogP contribution in [0.5, 0.6) is 5.75 Å². The summed E-state index contributed by atoms with van der Waals surface area (Å²) in [6, 6.07) is 13.8. The molecule has 0 aliphatic carbocycles. The van der Waals surface area contributed by atoms with Crippen LogP contribution in [0.4, 0.5) is 5.69 Å². The van der Waals surface area contributed by atoms with E-state index in [0.29, 0.717) is 34.9 Å². The number of carbonyl (C=O) groups excluding carboxylic acids is 2. The molecule has 9 heteroatoms. The first-order chi connectivity index (χ1) is 14.8. The van der Waals surface area contributed by atoms with Crippen LogP contribution in [0.2, 0.25) is 0 Å². The van der Waals surface area contributed by atoms with Crippen LogP contribution in [-0.4, -0.2) is 49.8 Å². The zero-order valence-corrected chi connectivity index (χ0v) is 19.0. The maximum Gasteiger partial charge on any atom is 0.340 e. The lowest BCUT2D eigenvalue weighted by atomic mass is 10.2. The van der Waals surface area contributed by atoms with E-state index in [-0.39, 0.29) is 16.8 Å². The maximum atomic E-state index is 12.7. The molecule has 166 valence electrons. The van der Waals surface area contributed by atoms with Crippen molar-refractivity contribution in [2.24, 2.45) is 0 Å². The molecule has 3 rings (SSSR count). The number of hydrogen-bond acceptors (Lipinski definition) is 7. The molecule has 1 aliphatic heterocycles. The van der Waals surface area contributed by atoms with E-state index in [2.05, 4.69) is 5.32 Å². The summed E-state index contributed by atoms with van der Waals surface area (Å²) in [5.41, 5.74) is 0.882. The van der Waals surface area contributed by atoms with Crippen molar-refractivity contribution in [2.75, 3.05) is 23.4 Å². The number of ether oxygens (including phenoxy) is 2. The van der Waals surface area contributed by atoms with E-state index in [1.54, 1.807) is 48.5 Å². The molecule has 2 aromatic carbocycles. The number of thioether (sulfide) groups is 1. The van der Waals surface area contributed by atoms with Crippen molar-refractivity contribution in [3.05, 3.63) is 54.1 Å². The Kier molecular flexibility index (Phi) is 7.61. The van der Waals surface area contributed by atoms with Gasteiger partial charge in [0.15, 0.2) is 15.9 Å². The highest BCUT2D eigenvalue weighted by atomic mass is 32.2. The Balaban J connectivity index is 1.61. The van der Waals surface area contributed by atoms with E-state index in [9.17, 15) is 18.0 Å². The molecule has 0 spiro atoms. The average Bonchev–Trinajstić information content (AvgIpc) is 3.08. The molecule has 1 fully saturated rings. The highest BCUT2D eigenvalue weighted by Crippen LogP contribution is 2.33. The van der Waals surface area contributed by atoms with Crippen molar-refractivity contribution in [1.82, 2.24) is 0 Å². The molecule has 1 saturated heterocycles. The van der Waals surface area contributed by atoms with Gasteiger partial charge in [0.2, 0.25) is 0 Å². The van der Waals surface area contributed by atoms with Gasteiger partial charge in [0.05, 0.1) is 23.7 Å². The van der Waals surface area contributed by atoms with Crippen LogP contribution in [0.1, 0.15) is 30.6 Å². The Morgan fingerprint density at radius 2 is 1.87 bits per heavy atom. The minimum absolute atomic E-state index is 0.0978. The van der Waals surface area contributed by atoms with Crippen molar-refractivity contribution in [2.45, 2.75) is 36.5 Å². The SMILES string of the molecule is CCOc1ccc(NC(=O)[C@H](C)OC(=O)c2ccccc2S[C@@H]2CCS(=O)(=O)C2)cc1. The smallest absolute Gasteiger partial charge is 0.340 e. The lowest BCUT2D eigenvalue weighted by Crippen LogP contribution is -2.30. The molecule has 1 heterocycles. The number of hydrogen-bond donors (Lipinski definition) is 1. The summed E-state index contributed by atoms with van der Waals surface area (Å²) in [5, 5.41) is 2.61. The first-order valence-corrected chi connectivity index (χ1v) is 12.7. The normalized spacial score (nSPS) is 18.2. The third-order valence-corrected chi connectivity index (χ3v) is 8.00. The summed E-state index contributed by atoms with van der Waals surface area (Å²) >= 11 is 1.36. The molecular formula is C22H25NO6S2. The summed E-state index contributed by atoms with van der Waals surface area (Å²) in [6.45, 7) is 3.94. The van der Waals surface area contributed by atoms with Gasteiger partial charge in [-0.05, 0) is 56.7 Å². The minimum atomic E-state index is -3.01. The van der Waals surface area contributed by atoms with Gasteiger partial charge in [-0.25, -0.2) is 13.2 Å². The van der Waals surface area contributed by atoms with Gasteiger partial charge in [-0.3, -0.25) is 4.79 Å². The van der Waals surface area contributed by atoms with Crippen molar-refractivity contribution in [3.8, 4) is 5.75 Å². The first-order valence-electron chi connectivity index (χ1n) is 9.98. The fourth-order valence-electron chi connectivity index (χ4n) is 3.09. The third-order valence-electron chi connectivity index (χ3n) is 4.68. The lowest BCUT2D eigenvalue weighted by Gasteiger charge is -2.16. The number of anilines is 1.